The molecule has 0 saturated heterocycles. The molecule has 3 heteroatoms. The van der Waals surface area contributed by atoms with Crippen molar-refractivity contribution in [1.29, 1.82) is 0 Å². The lowest BCUT2D eigenvalue weighted by atomic mass is 10.1. The molecule has 0 bridgehead atoms. The van der Waals surface area contributed by atoms with E-state index in [-0.39, 0.29) is 0 Å². The van der Waals surface area contributed by atoms with E-state index >= 15 is 0 Å². The van der Waals surface area contributed by atoms with Gasteiger partial charge < -0.3 is 5.32 Å². The molecule has 1 atom stereocenters. The van der Waals surface area contributed by atoms with E-state index in [1.54, 1.807) is 0 Å². The topological polar surface area (TPSA) is 29.9 Å². The first-order valence-electron chi connectivity index (χ1n) is 6.11. The Labute approximate surface area is 98.5 Å². The lowest BCUT2D eigenvalue weighted by Gasteiger charge is -2.13. The predicted molar refractivity (Wildman–Crippen MR) is 69.3 cm³/mol. The highest BCUT2D eigenvalue weighted by atomic mass is 15.3. The highest BCUT2D eigenvalue weighted by molar-refractivity contribution is 5.51. The third-order valence-electron chi connectivity index (χ3n) is 2.76. The Kier molecular flexibility index (Phi) is 5.26. The van der Waals surface area contributed by atoms with Gasteiger partial charge in [-0.2, -0.15) is 5.10 Å². The number of nitrogens with zero attached hydrogens (tertiary/aromatic N) is 2. The number of rotatable bonds is 6. The zero-order chi connectivity index (χ0) is 12.0. The normalized spacial score (nSPS) is 14.1. The Morgan fingerprint density at radius 3 is 2.88 bits per heavy atom. The van der Waals surface area contributed by atoms with E-state index in [0.717, 1.165) is 13.1 Å². The van der Waals surface area contributed by atoms with Gasteiger partial charge in [-0.25, -0.2) is 0 Å². The van der Waals surface area contributed by atoms with Crippen LogP contribution in [0.4, 0.5) is 0 Å². The van der Waals surface area contributed by atoms with Crippen LogP contribution >= 0.6 is 0 Å². The number of nitrogens with one attached hydrogen (secondary N) is 1. The second-order valence-corrected chi connectivity index (χ2v) is 4.19. The second kappa shape index (κ2) is 6.48. The summed E-state index contributed by atoms with van der Waals surface area (Å²) in [5, 5.41) is 7.74. The number of aromatic nitrogens is 2. The van der Waals surface area contributed by atoms with Gasteiger partial charge in [0.15, 0.2) is 0 Å². The maximum atomic E-state index is 4.26. The minimum Gasteiger partial charge on any atom is -0.311 e. The minimum absolute atomic E-state index is 0.435. The molecule has 90 valence electrons. The third kappa shape index (κ3) is 3.81. The summed E-state index contributed by atoms with van der Waals surface area (Å²) in [6.07, 6.45) is 7.37. The molecular weight excluding hydrogens is 198 g/mol. The molecule has 1 unspecified atom stereocenters. The van der Waals surface area contributed by atoms with E-state index in [2.05, 4.69) is 50.4 Å². The molecule has 0 spiro atoms. The maximum Gasteiger partial charge on any atom is 0.0562 e. The quantitative estimate of drug-likeness (QED) is 0.800. The molecule has 1 rings (SSSR count). The molecule has 0 aliphatic rings. The van der Waals surface area contributed by atoms with Gasteiger partial charge in [0.05, 0.1) is 6.20 Å². The summed E-state index contributed by atoms with van der Waals surface area (Å²) >= 11 is 0. The van der Waals surface area contributed by atoms with E-state index in [1.807, 2.05) is 10.9 Å². The van der Waals surface area contributed by atoms with Gasteiger partial charge in [-0.1, -0.05) is 18.6 Å². The van der Waals surface area contributed by atoms with Gasteiger partial charge in [0, 0.05) is 24.3 Å². The van der Waals surface area contributed by atoms with Gasteiger partial charge in [-0.15, -0.1) is 0 Å². The van der Waals surface area contributed by atoms with Crippen molar-refractivity contribution in [3.63, 3.8) is 0 Å². The summed E-state index contributed by atoms with van der Waals surface area (Å²) in [5.74, 6) is 0. The minimum atomic E-state index is 0.435. The molecule has 1 heterocycles. The summed E-state index contributed by atoms with van der Waals surface area (Å²) in [7, 11) is 0. The van der Waals surface area contributed by atoms with Gasteiger partial charge in [0.25, 0.3) is 0 Å². The van der Waals surface area contributed by atoms with Crippen molar-refractivity contribution in [1.82, 2.24) is 15.1 Å². The fourth-order valence-corrected chi connectivity index (χ4v) is 1.54. The average Bonchev–Trinajstić information content (AvgIpc) is 2.73. The Morgan fingerprint density at radius 2 is 2.31 bits per heavy atom. The molecule has 1 N–H and O–H groups in total. The Bertz CT molecular complexity index is 339. The molecule has 3 nitrogen and oxygen atoms in total. The van der Waals surface area contributed by atoms with Crippen molar-refractivity contribution >= 4 is 6.08 Å². The number of hydrogen-bond acceptors (Lipinski definition) is 2. The highest BCUT2D eigenvalue weighted by Crippen LogP contribution is 2.09. The molecule has 1 aromatic heterocycles. The fraction of sp³-hybridized carbons (Fsp3) is 0.615. The van der Waals surface area contributed by atoms with Crippen molar-refractivity contribution in [3.8, 4) is 0 Å². The number of hydrogen-bond donors (Lipinski definition) is 1. The lowest BCUT2D eigenvalue weighted by Crippen LogP contribution is -2.27. The predicted octanol–water partition coefficient (Wildman–Crippen LogP) is 2.69. The Morgan fingerprint density at radius 1 is 1.56 bits per heavy atom. The van der Waals surface area contributed by atoms with Crippen LogP contribution in [0.15, 0.2) is 18.0 Å². The van der Waals surface area contributed by atoms with E-state index in [0.29, 0.717) is 6.04 Å². The van der Waals surface area contributed by atoms with Crippen LogP contribution in [0.2, 0.25) is 0 Å². The molecule has 0 aliphatic carbocycles. The largest absolute Gasteiger partial charge is 0.311 e. The van der Waals surface area contributed by atoms with Crippen LogP contribution in [0, 0.1) is 0 Å². The molecule has 0 fully saturated rings. The molecule has 1 aromatic rings. The van der Waals surface area contributed by atoms with Crippen LogP contribution in [0.3, 0.4) is 0 Å². The Balaban J connectivity index is 2.60. The van der Waals surface area contributed by atoms with E-state index in [1.165, 1.54) is 17.6 Å². The van der Waals surface area contributed by atoms with Crippen molar-refractivity contribution < 1.29 is 0 Å². The second-order valence-electron chi connectivity index (χ2n) is 4.19. The summed E-state index contributed by atoms with van der Waals surface area (Å²) < 4.78 is 1.95. The molecule has 0 saturated carbocycles. The summed E-state index contributed by atoms with van der Waals surface area (Å²) in [6.45, 7) is 10.6. The van der Waals surface area contributed by atoms with Gasteiger partial charge in [0.2, 0.25) is 0 Å². The molecular formula is C13H23N3. The van der Waals surface area contributed by atoms with Crippen molar-refractivity contribution in [2.75, 3.05) is 6.54 Å². The molecule has 16 heavy (non-hydrogen) atoms. The van der Waals surface area contributed by atoms with E-state index in [9.17, 15) is 0 Å². The summed E-state index contributed by atoms with van der Waals surface area (Å²) in [4.78, 5) is 0. The first kappa shape index (κ1) is 13.0. The zero-order valence-electron chi connectivity index (χ0n) is 10.8. The standard InChI is InChI=1S/C13H23N3/c1-5-7-14-12(4)11(3)8-13-9-15-16(6-2)10-13/h8-10,12,14H,5-7H2,1-4H3. The van der Waals surface area contributed by atoms with Crippen molar-refractivity contribution in [2.24, 2.45) is 0 Å². The van der Waals surface area contributed by atoms with E-state index < -0.39 is 0 Å². The van der Waals surface area contributed by atoms with Crippen molar-refractivity contribution in [3.05, 3.63) is 23.5 Å². The molecule has 0 radical (unpaired) electrons. The van der Waals surface area contributed by atoms with Gasteiger partial charge in [-0.05, 0) is 33.7 Å². The first-order valence-corrected chi connectivity index (χ1v) is 6.11. The van der Waals surface area contributed by atoms with Gasteiger partial charge in [0.1, 0.15) is 0 Å². The van der Waals surface area contributed by atoms with Gasteiger partial charge >= 0.3 is 0 Å². The SMILES string of the molecule is CCCNC(C)C(C)=Cc1cnn(CC)c1. The van der Waals surface area contributed by atoms with Gasteiger partial charge in [-0.3, -0.25) is 4.68 Å². The molecule has 0 amide bonds. The molecule has 0 aromatic carbocycles. The summed E-state index contributed by atoms with van der Waals surface area (Å²) in [5.41, 5.74) is 2.54. The monoisotopic (exact) mass is 221 g/mol. The third-order valence-corrected chi connectivity index (χ3v) is 2.76. The lowest BCUT2D eigenvalue weighted by molar-refractivity contribution is 0.604. The van der Waals surface area contributed by atoms with Crippen LogP contribution < -0.4 is 5.32 Å². The maximum absolute atomic E-state index is 4.26. The molecule has 0 aliphatic heterocycles. The average molecular weight is 221 g/mol. The number of aryl methyl sites for hydroxylation is 1. The Hall–Kier alpha value is -1.09. The summed E-state index contributed by atoms with van der Waals surface area (Å²) in [6, 6.07) is 0.435. The smallest absolute Gasteiger partial charge is 0.0562 e. The van der Waals surface area contributed by atoms with Crippen LogP contribution in [-0.4, -0.2) is 22.4 Å². The van der Waals surface area contributed by atoms with E-state index in [4.69, 9.17) is 0 Å². The first-order chi connectivity index (χ1) is 7.67. The van der Waals surface area contributed by atoms with Crippen LogP contribution in [0.1, 0.15) is 39.7 Å². The van der Waals surface area contributed by atoms with Crippen LogP contribution in [-0.2, 0) is 6.54 Å². The van der Waals surface area contributed by atoms with Crippen LogP contribution in [0.5, 0.6) is 0 Å². The van der Waals surface area contributed by atoms with Crippen molar-refractivity contribution in [2.45, 2.75) is 46.7 Å². The highest BCUT2D eigenvalue weighted by Gasteiger charge is 2.03. The fourth-order valence-electron chi connectivity index (χ4n) is 1.54. The zero-order valence-corrected chi connectivity index (χ0v) is 10.8. The van der Waals surface area contributed by atoms with Crippen LogP contribution in [0.25, 0.3) is 6.08 Å².